The van der Waals surface area contributed by atoms with Crippen LogP contribution in [0.4, 0.5) is 0 Å². The summed E-state index contributed by atoms with van der Waals surface area (Å²) in [6.45, 7) is 3.01. The number of phenols is 1. The summed E-state index contributed by atoms with van der Waals surface area (Å²) in [5.41, 5.74) is 1.06. The van der Waals surface area contributed by atoms with E-state index in [1.165, 1.54) is 7.11 Å². The fraction of sp³-hybridized carbons (Fsp3) is 0.562. The summed E-state index contributed by atoms with van der Waals surface area (Å²) in [6.07, 6.45) is 3.91. The molecule has 110 valence electrons. The summed E-state index contributed by atoms with van der Waals surface area (Å²) in [6, 6.07) is 7.30. The molecule has 1 aliphatic rings. The minimum Gasteiger partial charge on any atom is -0.508 e. The van der Waals surface area contributed by atoms with E-state index in [0.29, 0.717) is 0 Å². The Morgan fingerprint density at radius 1 is 1.50 bits per heavy atom. The average Bonchev–Trinajstić information content (AvgIpc) is 2.48. The Labute approximate surface area is 120 Å². The number of aromatic hydroxyl groups is 1. The maximum atomic E-state index is 12.0. The van der Waals surface area contributed by atoms with Gasteiger partial charge in [-0.05, 0) is 43.5 Å². The summed E-state index contributed by atoms with van der Waals surface area (Å²) < 4.78 is 4.94. The van der Waals surface area contributed by atoms with Crippen molar-refractivity contribution in [3.63, 3.8) is 0 Å². The van der Waals surface area contributed by atoms with Gasteiger partial charge in [0.25, 0.3) is 0 Å². The van der Waals surface area contributed by atoms with Crippen LogP contribution in [0.1, 0.15) is 44.2 Å². The Morgan fingerprint density at radius 3 is 2.95 bits per heavy atom. The van der Waals surface area contributed by atoms with Crippen LogP contribution in [0.3, 0.4) is 0 Å². The van der Waals surface area contributed by atoms with E-state index in [0.717, 1.165) is 37.8 Å². The fourth-order valence-electron chi connectivity index (χ4n) is 3.11. The number of hydrogen-bond donors (Lipinski definition) is 1. The molecule has 2 atom stereocenters. The molecule has 0 aliphatic carbocycles. The number of phenolic OH excluding ortho intramolecular Hbond substituents is 1. The first kappa shape index (κ1) is 14.9. The SMILES string of the molecule is CCC(c1cccc(O)c1)N1CCCCC1C(=O)OC. The Bertz CT molecular complexity index is 461. The highest BCUT2D eigenvalue weighted by Crippen LogP contribution is 2.32. The molecule has 1 aromatic rings. The van der Waals surface area contributed by atoms with Gasteiger partial charge in [-0.1, -0.05) is 25.5 Å². The van der Waals surface area contributed by atoms with Crippen LogP contribution in [0, 0.1) is 0 Å². The zero-order valence-corrected chi connectivity index (χ0v) is 12.2. The van der Waals surface area contributed by atoms with E-state index in [2.05, 4.69) is 11.8 Å². The summed E-state index contributed by atoms with van der Waals surface area (Å²) in [4.78, 5) is 14.2. The number of likely N-dealkylation sites (tertiary alicyclic amines) is 1. The van der Waals surface area contributed by atoms with Crippen molar-refractivity contribution in [3.8, 4) is 5.75 Å². The first-order valence-corrected chi connectivity index (χ1v) is 7.30. The summed E-state index contributed by atoms with van der Waals surface area (Å²) in [5, 5.41) is 9.67. The quantitative estimate of drug-likeness (QED) is 0.860. The molecule has 1 heterocycles. The molecule has 0 amide bonds. The van der Waals surface area contributed by atoms with Gasteiger partial charge in [0.05, 0.1) is 7.11 Å². The summed E-state index contributed by atoms with van der Waals surface area (Å²) >= 11 is 0. The van der Waals surface area contributed by atoms with E-state index in [-0.39, 0.29) is 23.8 Å². The van der Waals surface area contributed by atoms with Crippen molar-refractivity contribution in [1.82, 2.24) is 4.90 Å². The van der Waals surface area contributed by atoms with Gasteiger partial charge in [-0.25, -0.2) is 0 Å². The molecule has 0 radical (unpaired) electrons. The molecular weight excluding hydrogens is 254 g/mol. The van der Waals surface area contributed by atoms with E-state index in [1.807, 2.05) is 12.1 Å². The van der Waals surface area contributed by atoms with E-state index in [4.69, 9.17) is 4.74 Å². The Kier molecular flexibility index (Phi) is 5.01. The Morgan fingerprint density at radius 2 is 2.30 bits per heavy atom. The molecule has 4 nitrogen and oxygen atoms in total. The lowest BCUT2D eigenvalue weighted by Crippen LogP contribution is -2.46. The van der Waals surface area contributed by atoms with Crippen molar-refractivity contribution in [1.29, 1.82) is 0 Å². The second-order valence-corrected chi connectivity index (χ2v) is 5.29. The van der Waals surface area contributed by atoms with Gasteiger partial charge in [-0.15, -0.1) is 0 Å². The number of benzene rings is 1. The van der Waals surface area contributed by atoms with Crippen molar-refractivity contribution in [2.45, 2.75) is 44.7 Å². The molecule has 1 aliphatic heterocycles. The molecule has 4 heteroatoms. The van der Waals surface area contributed by atoms with Gasteiger partial charge in [0.15, 0.2) is 0 Å². The van der Waals surface area contributed by atoms with Gasteiger partial charge in [0.1, 0.15) is 11.8 Å². The van der Waals surface area contributed by atoms with Crippen LogP contribution in [0.25, 0.3) is 0 Å². The molecular formula is C16H23NO3. The normalized spacial score (nSPS) is 21.4. The molecule has 0 saturated carbocycles. The minimum atomic E-state index is -0.166. The molecule has 1 fully saturated rings. The highest BCUT2D eigenvalue weighted by atomic mass is 16.5. The van der Waals surface area contributed by atoms with Gasteiger partial charge in [-0.3, -0.25) is 9.69 Å². The first-order valence-electron chi connectivity index (χ1n) is 7.30. The highest BCUT2D eigenvalue weighted by Gasteiger charge is 2.34. The number of piperidine rings is 1. The zero-order valence-electron chi connectivity index (χ0n) is 12.2. The molecule has 0 bridgehead atoms. The first-order chi connectivity index (χ1) is 9.67. The van der Waals surface area contributed by atoms with Crippen molar-refractivity contribution < 1.29 is 14.6 Å². The van der Waals surface area contributed by atoms with Crippen molar-refractivity contribution in [3.05, 3.63) is 29.8 Å². The van der Waals surface area contributed by atoms with E-state index in [1.54, 1.807) is 12.1 Å². The number of esters is 1. The molecule has 20 heavy (non-hydrogen) atoms. The third-order valence-corrected chi connectivity index (χ3v) is 4.06. The maximum absolute atomic E-state index is 12.0. The molecule has 0 spiro atoms. The molecule has 0 aromatic heterocycles. The number of nitrogens with zero attached hydrogens (tertiary/aromatic N) is 1. The second kappa shape index (κ2) is 6.75. The smallest absolute Gasteiger partial charge is 0.323 e. The van der Waals surface area contributed by atoms with Gasteiger partial charge in [0.2, 0.25) is 0 Å². The predicted molar refractivity (Wildman–Crippen MR) is 77.5 cm³/mol. The van der Waals surface area contributed by atoms with Crippen LogP contribution in [0.2, 0.25) is 0 Å². The lowest BCUT2D eigenvalue weighted by molar-refractivity contribution is -0.149. The van der Waals surface area contributed by atoms with Gasteiger partial charge >= 0.3 is 5.97 Å². The van der Waals surface area contributed by atoms with Crippen LogP contribution in [0.5, 0.6) is 5.75 Å². The van der Waals surface area contributed by atoms with Gasteiger partial charge in [-0.2, -0.15) is 0 Å². The number of carbonyl (C=O) groups excluding carboxylic acids is 1. The van der Waals surface area contributed by atoms with Gasteiger partial charge < -0.3 is 9.84 Å². The lowest BCUT2D eigenvalue weighted by Gasteiger charge is -2.39. The Hall–Kier alpha value is -1.55. The van der Waals surface area contributed by atoms with Crippen LogP contribution < -0.4 is 0 Å². The van der Waals surface area contributed by atoms with Crippen LogP contribution in [-0.4, -0.2) is 35.7 Å². The topological polar surface area (TPSA) is 49.8 Å². The third-order valence-electron chi connectivity index (χ3n) is 4.06. The summed E-state index contributed by atoms with van der Waals surface area (Å²) in [5.74, 6) is 0.121. The minimum absolute atomic E-state index is 0.145. The Balaban J connectivity index is 2.26. The fourth-order valence-corrected chi connectivity index (χ4v) is 3.11. The van der Waals surface area contributed by atoms with E-state index < -0.39 is 0 Å². The van der Waals surface area contributed by atoms with E-state index in [9.17, 15) is 9.90 Å². The number of ether oxygens (including phenoxy) is 1. The number of rotatable bonds is 4. The molecule has 2 unspecified atom stereocenters. The van der Waals surface area contributed by atoms with Crippen molar-refractivity contribution in [2.75, 3.05) is 13.7 Å². The predicted octanol–water partition coefficient (Wildman–Crippen LogP) is 2.87. The summed E-state index contributed by atoms with van der Waals surface area (Å²) in [7, 11) is 1.45. The van der Waals surface area contributed by atoms with Crippen LogP contribution in [0.15, 0.2) is 24.3 Å². The van der Waals surface area contributed by atoms with Gasteiger partial charge in [0, 0.05) is 6.04 Å². The number of hydrogen-bond acceptors (Lipinski definition) is 4. The van der Waals surface area contributed by atoms with E-state index >= 15 is 0 Å². The standard InChI is InChI=1S/C16H23NO3/c1-3-14(12-7-6-8-13(18)11-12)17-10-5-4-9-15(17)16(19)20-2/h6-8,11,14-15,18H,3-5,9-10H2,1-2H3. The number of carbonyl (C=O) groups is 1. The number of methoxy groups -OCH3 is 1. The molecule has 1 N–H and O–H groups in total. The maximum Gasteiger partial charge on any atom is 0.323 e. The van der Waals surface area contributed by atoms with Crippen LogP contribution in [-0.2, 0) is 9.53 Å². The zero-order chi connectivity index (χ0) is 14.5. The van der Waals surface area contributed by atoms with Crippen LogP contribution >= 0.6 is 0 Å². The molecule has 1 saturated heterocycles. The lowest BCUT2D eigenvalue weighted by atomic mass is 9.95. The van der Waals surface area contributed by atoms with Crippen molar-refractivity contribution in [2.24, 2.45) is 0 Å². The molecule has 2 rings (SSSR count). The highest BCUT2D eigenvalue weighted by molar-refractivity contribution is 5.75. The second-order valence-electron chi connectivity index (χ2n) is 5.29. The average molecular weight is 277 g/mol. The monoisotopic (exact) mass is 277 g/mol. The largest absolute Gasteiger partial charge is 0.508 e. The van der Waals surface area contributed by atoms with Crippen molar-refractivity contribution >= 4 is 5.97 Å². The molecule has 1 aromatic carbocycles. The third kappa shape index (κ3) is 3.12.